The molecule has 0 unspecified atom stereocenters. The van der Waals surface area contributed by atoms with Crippen LogP contribution in [0.5, 0.6) is 0 Å². The topological polar surface area (TPSA) is 0 Å². The summed E-state index contributed by atoms with van der Waals surface area (Å²) in [5.74, 6) is 0. The Labute approximate surface area is 167 Å². The molecule has 0 nitrogen and oxygen atoms in total. The number of benzene rings is 1. The lowest BCUT2D eigenvalue weighted by Crippen LogP contribution is -2.44. The molecule has 0 aliphatic heterocycles. The molecular formula is C27H38. The highest BCUT2D eigenvalue weighted by Gasteiger charge is 2.49. The van der Waals surface area contributed by atoms with Crippen LogP contribution in [0.3, 0.4) is 0 Å². The molecule has 0 spiro atoms. The van der Waals surface area contributed by atoms with Crippen LogP contribution in [0, 0.1) is 23.2 Å². The Morgan fingerprint density at radius 2 is 1.33 bits per heavy atom. The summed E-state index contributed by atoms with van der Waals surface area (Å²) in [7, 11) is 0. The van der Waals surface area contributed by atoms with E-state index in [1.165, 1.54) is 39.0 Å². The lowest BCUT2D eigenvalue weighted by Gasteiger charge is -2.52. The predicted molar refractivity (Wildman–Crippen MR) is 121 cm³/mol. The summed E-state index contributed by atoms with van der Waals surface area (Å²) < 4.78 is 0. The van der Waals surface area contributed by atoms with Crippen LogP contribution in [-0.4, -0.2) is 0 Å². The van der Waals surface area contributed by atoms with Crippen LogP contribution in [0.15, 0.2) is 35.9 Å². The molecule has 146 valence electrons. The van der Waals surface area contributed by atoms with Crippen molar-refractivity contribution in [3.05, 3.63) is 58.2 Å². The van der Waals surface area contributed by atoms with Crippen molar-refractivity contribution in [1.82, 2.24) is 0 Å². The summed E-state index contributed by atoms with van der Waals surface area (Å²) in [4.78, 5) is 0. The van der Waals surface area contributed by atoms with Gasteiger partial charge in [-0.3, -0.25) is 0 Å². The van der Waals surface area contributed by atoms with E-state index in [0.29, 0.717) is 0 Å². The second-order valence-corrected chi connectivity index (χ2v) is 11.7. The van der Waals surface area contributed by atoms with Crippen LogP contribution in [0.2, 0.25) is 0 Å². The lowest BCUT2D eigenvalue weighted by atomic mass is 9.52. The highest BCUT2D eigenvalue weighted by molar-refractivity contribution is 6.03. The van der Waals surface area contributed by atoms with E-state index in [4.69, 9.17) is 0 Å². The van der Waals surface area contributed by atoms with E-state index in [-0.39, 0.29) is 21.7 Å². The van der Waals surface area contributed by atoms with Gasteiger partial charge in [-0.25, -0.2) is 0 Å². The summed E-state index contributed by atoms with van der Waals surface area (Å²) in [6, 6.07) is 4.70. The molecule has 1 aromatic rings. The molecule has 0 N–H and O–H groups in total. The second kappa shape index (κ2) is 5.72. The molecular weight excluding hydrogens is 324 g/mol. The lowest BCUT2D eigenvalue weighted by molar-refractivity contribution is 0.0669. The molecule has 0 aromatic heterocycles. The Bertz CT molecular complexity index is 864. The van der Waals surface area contributed by atoms with Gasteiger partial charge < -0.3 is 0 Å². The Morgan fingerprint density at radius 1 is 0.778 bits per heavy atom. The van der Waals surface area contributed by atoms with E-state index in [1.807, 2.05) is 0 Å². The first-order valence-corrected chi connectivity index (χ1v) is 10.4. The van der Waals surface area contributed by atoms with Gasteiger partial charge in [-0.05, 0) is 69.1 Å². The highest BCUT2D eigenvalue weighted by atomic mass is 14.5. The van der Waals surface area contributed by atoms with Crippen LogP contribution in [0.25, 0.3) is 11.1 Å². The maximum atomic E-state index is 2.61. The second-order valence-electron chi connectivity index (χ2n) is 11.7. The monoisotopic (exact) mass is 362 g/mol. The SMILES string of the molecule is CC1=C2C=CC(C(C)(C)C)(C(C)(C)C)C=C2c2c1ccc(C(C)(C)C)c2C. The van der Waals surface area contributed by atoms with Crippen LogP contribution in [0.4, 0.5) is 0 Å². The molecule has 0 saturated heterocycles. The zero-order valence-corrected chi connectivity index (χ0v) is 19.4. The molecule has 0 heterocycles. The molecule has 0 atom stereocenters. The number of hydrogen-bond donors (Lipinski definition) is 0. The molecule has 3 rings (SSSR count). The first kappa shape index (κ1) is 20.2. The van der Waals surface area contributed by atoms with Crippen molar-refractivity contribution < 1.29 is 0 Å². The molecule has 27 heavy (non-hydrogen) atoms. The molecule has 0 bridgehead atoms. The molecule has 0 saturated carbocycles. The zero-order chi connectivity index (χ0) is 20.6. The summed E-state index contributed by atoms with van der Waals surface area (Å²) in [6.45, 7) is 25.9. The van der Waals surface area contributed by atoms with Gasteiger partial charge >= 0.3 is 0 Å². The first-order valence-electron chi connectivity index (χ1n) is 10.4. The van der Waals surface area contributed by atoms with Crippen molar-refractivity contribution in [3.8, 4) is 0 Å². The molecule has 0 radical (unpaired) electrons. The fourth-order valence-electron chi connectivity index (χ4n) is 5.58. The van der Waals surface area contributed by atoms with Crippen molar-refractivity contribution in [1.29, 1.82) is 0 Å². The van der Waals surface area contributed by atoms with Crippen molar-refractivity contribution >= 4 is 11.1 Å². The molecule has 1 aromatic carbocycles. The number of allylic oxidation sites excluding steroid dienone is 6. The Balaban J connectivity index is 2.35. The van der Waals surface area contributed by atoms with E-state index in [1.54, 1.807) is 0 Å². The van der Waals surface area contributed by atoms with E-state index in [9.17, 15) is 0 Å². The van der Waals surface area contributed by atoms with E-state index in [0.717, 1.165) is 0 Å². The third-order valence-electron chi connectivity index (χ3n) is 7.01. The number of hydrogen-bond acceptors (Lipinski definition) is 0. The third-order valence-corrected chi connectivity index (χ3v) is 7.01. The average molecular weight is 363 g/mol. The molecule has 0 amide bonds. The number of rotatable bonds is 0. The number of fused-ring (bicyclic) bond motifs is 3. The van der Waals surface area contributed by atoms with Crippen molar-refractivity contribution in [2.24, 2.45) is 16.2 Å². The summed E-state index contributed by atoms with van der Waals surface area (Å²) in [5, 5.41) is 0. The fourth-order valence-corrected chi connectivity index (χ4v) is 5.58. The van der Waals surface area contributed by atoms with Gasteiger partial charge in [0.1, 0.15) is 0 Å². The minimum absolute atomic E-state index is 0.0188. The average Bonchev–Trinajstić information content (AvgIpc) is 2.77. The smallest absolute Gasteiger partial charge is 0.0171 e. The van der Waals surface area contributed by atoms with Gasteiger partial charge in [0.25, 0.3) is 0 Å². The fraction of sp³-hybridized carbons (Fsp3) is 0.556. The van der Waals surface area contributed by atoms with Crippen molar-refractivity contribution in [2.75, 3.05) is 0 Å². The maximum Gasteiger partial charge on any atom is 0.0171 e. The van der Waals surface area contributed by atoms with Gasteiger partial charge in [0, 0.05) is 5.41 Å². The Kier molecular flexibility index (Phi) is 4.28. The van der Waals surface area contributed by atoms with Gasteiger partial charge in [-0.2, -0.15) is 0 Å². The largest absolute Gasteiger partial charge is 0.0728 e. The van der Waals surface area contributed by atoms with Gasteiger partial charge in [-0.1, -0.05) is 92.7 Å². The van der Waals surface area contributed by atoms with Crippen molar-refractivity contribution in [3.63, 3.8) is 0 Å². The Morgan fingerprint density at radius 3 is 1.81 bits per heavy atom. The van der Waals surface area contributed by atoms with E-state index >= 15 is 0 Å². The maximum absolute atomic E-state index is 2.61. The van der Waals surface area contributed by atoms with Crippen LogP contribution in [-0.2, 0) is 5.41 Å². The minimum Gasteiger partial charge on any atom is -0.0728 e. The minimum atomic E-state index is 0.0188. The van der Waals surface area contributed by atoms with Gasteiger partial charge in [0.15, 0.2) is 0 Å². The summed E-state index contributed by atoms with van der Waals surface area (Å²) in [5.41, 5.74) is 10.6. The molecule has 2 aliphatic carbocycles. The van der Waals surface area contributed by atoms with Gasteiger partial charge in [0.05, 0.1) is 0 Å². The highest BCUT2D eigenvalue weighted by Crippen LogP contribution is 2.59. The van der Waals surface area contributed by atoms with E-state index in [2.05, 4.69) is 107 Å². The Hall–Kier alpha value is -1.56. The van der Waals surface area contributed by atoms with Crippen LogP contribution >= 0.6 is 0 Å². The first-order chi connectivity index (χ1) is 12.1. The normalized spacial score (nSPS) is 19.1. The quantitative estimate of drug-likeness (QED) is 0.437. The van der Waals surface area contributed by atoms with E-state index < -0.39 is 0 Å². The van der Waals surface area contributed by atoms with Crippen LogP contribution in [0.1, 0.15) is 91.5 Å². The predicted octanol–water partition coefficient (Wildman–Crippen LogP) is 8.11. The summed E-state index contributed by atoms with van der Waals surface area (Å²) in [6.07, 6.45) is 7.51. The standard InChI is InChI=1S/C27H38/c1-17-19-14-15-27(25(6,7)8,26(9,10)11)16-21(19)23-18(2)22(24(3,4)5)13-12-20(17)23/h12-16H,1-11H3. The van der Waals surface area contributed by atoms with Crippen LogP contribution < -0.4 is 0 Å². The van der Waals surface area contributed by atoms with Gasteiger partial charge in [-0.15, -0.1) is 0 Å². The van der Waals surface area contributed by atoms with Gasteiger partial charge in [0.2, 0.25) is 0 Å². The summed E-state index contributed by atoms with van der Waals surface area (Å²) >= 11 is 0. The molecule has 2 aliphatic rings. The van der Waals surface area contributed by atoms with Crippen molar-refractivity contribution in [2.45, 2.75) is 81.6 Å². The molecule has 0 heteroatoms. The zero-order valence-electron chi connectivity index (χ0n) is 19.4. The third kappa shape index (κ3) is 2.79. The molecule has 0 fully saturated rings.